The Bertz CT molecular complexity index is 460. The van der Waals surface area contributed by atoms with Gasteiger partial charge in [0, 0.05) is 24.1 Å². The molecule has 0 fully saturated rings. The maximum atomic E-state index is 9.95. The van der Waals surface area contributed by atoms with E-state index in [0.717, 1.165) is 36.9 Å². The number of hydrogen-bond acceptors (Lipinski definition) is 4. The van der Waals surface area contributed by atoms with Crippen molar-refractivity contribution >= 4 is 5.84 Å². The van der Waals surface area contributed by atoms with Crippen LogP contribution < -0.4 is 11.1 Å². The molecule has 5 nitrogen and oxygen atoms in total. The van der Waals surface area contributed by atoms with Crippen LogP contribution in [0.25, 0.3) is 0 Å². The number of fused-ring (bicyclic) bond motifs is 1. The zero-order valence-corrected chi connectivity index (χ0v) is 10.2. The molecule has 0 spiro atoms. The molecule has 0 bridgehead atoms. The molecule has 1 aliphatic rings. The summed E-state index contributed by atoms with van der Waals surface area (Å²) >= 11 is 0. The summed E-state index contributed by atoms with van der Waals surface area (Å²) in [7, 11) is 0. The van der Waals surface area contributed by atoms with Crippen LogP contribution in [0.1, 0.15) is 36.4 Å². The van der Waals surface area contributed by atoms with E-state index in [0.29, 0.717) is 6.42 Å². The second-order valence-corrected chi connectivity index (χ2v) is 4.71. The molecule has 2 rings (SSSR count). The normalized spacial score (nSPS) is 18.3. The number of amidine groups is 1. The molecule has 0 aromatic heterocycles. The molecular formula is C13H19N3O2. The first kappa shape index (κ1) is 12.7. The maximum absolute atomic E-state index is 9.95. The van der Waals surface area contributed by atoms with Crippen molar-refractivity contribution in [3.63, 3.8) is 0 Å². The summed E-state index contributed by atoms with van der Waals surface area (Å²) in [6.07, 6.45) is 3.02. The molecule has 0 aliphatic carbocycles. The van der Waals surface area contributed by atoms with E-state index < -0.39 is 0 Å². The van der Waals surface area contributed by atoms with Crippen molar-refractivity contribution in [2.45, 2.75) is 31.7 Å². The third kappa shape index (κ3) is 2.73. The zero-order chi connectivity index (χ0) is 13.1. The van der Waals surface area contributed by atoms with Gasteiger partial charge < -0.3 is 21.3 Å². The third-order valence-corrected chi connectivity index (χ3v) is 3.30. The summed E-state index contributed by atoms with van der Waals surface area (Å²) < 4.78 is 0. The van der Waals surface area contributed by atoms with Crippen LogP contribution >= 0.6 is 0 Å². The lowest BCUT2D eigenvalue weighted by Crippen LogP contribution is -2.30. The van der Waals surface area contributed by atoms with E-state index in [1.807, 2.05) is 0 Å². The molecule has 0 saturated heterocycles. The summed E-state index contributed by atoms with van der Waals surface area (Å²) in [5.41, 5.74) is 7.21. The number of nitrogens with one attached hydrogen (secondary N) is 2. The van der Waals surface area contributed by atoms with Gasteiger partial charge in [0.2, 0.25) is 0 Å². The largest absolute Gasteiger partial charge is 0.508 e. The van der Waals surface area contributed by atoms with Gasteiger partial charge in [0.25, 0.3) is 0 Å². The highest BCUT2D eigenvalue weighted by Gasteiger charge is 2.23. The van der Waals surface area contributed by atoms with Gasteiger partial charge >= 0.3 is 0 Å². The predicted molar refractivity (Wildman–Crippen MR) is 70.0 cm³/mol. The van der Waals surface area contributed by atoms with Crippen molar-refractivity contribution in [2.24, 2.45) is 5.73 Å². The summed E-state index contributed by atoms with van der Waals surface area (Å²) in [5, 5.41) is 30.0. The first-order valence-electron chi connectivity index (χ1n) is 6.19. The van der Waals surface area contributed by atoms with E-state index in [1.165, 1.54) is 6.07 Å². The van der Waals surface area contributed by atoms with Crippen molar-refractivity contribution < 1.29 is 10.2 Å². The van der Waals surface area contributed by atoms with Crippen LogP contribution in [0.4, 0.5) is 0 Å². The quantitative estimate of drug-likeness (QED) is 0.411. The van der Waals surface area contributed by atoms with Gasteiger partial charge in [-0.3, -0.25) is 5.41 Å². The standard InChI is InChI=1S/C13H19N3O2/c14-12(15)3-1-2-10-13-8(4-5-16-10)6-9(17)7-11(13)18/h6-7,10,16-18H,1-5H2,(H3,14,15). The highest BCUT2D eigenvalue weighted by atomic mass is 16.3. The van der Waals surface area contributed by atoms with Crippen molar-refractivity contribution in [2.75, 3.05) is 6.54 Å². The second kappa shape index (κ2) is 5.27. The molecule has 5 heteroatoms. The van der Waals surface area contributed by atoms with Crippen molar-refractivity contribution in [1.29, 1.82) is 5.41 Å². The van der Waals surface area contributed by atoms with Gasteiger partial charge in [-0.05, 0) is 37.4 Å². The van der Waals surface area contributed by atoms with Crippen LogP contribution in [0.15, 0.2) is 12.1 Å². The summed E-state index contributed by atoms with van der Waals surface area (Å²) in [5.74, 6) is 0.446. The first-order chi connectivity index (χ1) is 8.58. The lowest BCUT2D eigenvalue weighted by atomic mass is 9.90. The van der Waals surface area contributed by atoms with Crippen LogP contribution in [0, 0.1) is 5.41 Å². The lowest BCUT2D eigenvalue weighted by Gasteiger charge is -2.28. The van der Waals surface area contributed by atoms with Crippen LogP contribution in [-0.2, 0) is 6.42 Å². The van der Waals surface area contributed by atoms with Gasteiger partial charge in [-0.25, -0.2) is 0 Å². The predicted octanol–water partition coefficient (Wildman–Crippen LogP) is 1.39. The SMILES string of the molecule is N=C(N)CCCC1NCCc2cc(O)cc(O)c21. The Morgan fingerprint density at radius 3 is 2.94 bits per heavy atom. The number of nitrogens with two attached hydrogens (primary N) is 1. The van der Waals surface area contributed by atoms with E-state index >= 15 is 0 Å². The molecule has 1 aromatic rings. The second-order valence-electron chi connectivity index (χ2n) is 4.71. The van der Waals surface area contributed by atoms with Crippen LogP contribution in [0.5, 0.6) is 11.5 Å². The molecule has 1 unspecified atom stereocenters. The Hall–Kier alpha value is -1.75. The number of hydrogen-bond donors (Lipinski definition) is 5. The van der Waals surface area contributed by atoms with Gasteiger partial charge in [-0.15, -0.1) is 0 Å². The molecule has 0 amide bonds. The third-order valence-electron chi connectivity index (χ3n) is 3.30. The fourth-order valence-electron chi connectivity index (χ4n) is 2.52. The number of phenolic OH excluding ortho intramolecular Hbond substituents is 2. The first-order valence-corrected chi connectivity index (χ1v) is 6.19. The Labute approximate surface area is 106 Å². The van der Waals surface area contributed by atoms with Gasteiger partial charge in [-0.2, -0.15) is 0 Å². The van der Waals surface area contributed by atoms with E-state index in [9.17, 15) is 10.2 Å². The maximum Gasteiger partial charge on any atom is 0.124 e. The average molecular weight is 249 g/mol. The molecule has 0 saturated carbocycles. The van der Waals surface area contributed by atoms with Gasteiger partial charge in [0.05, 0.1) is 5.84 Å². The minimum absolute atomic E-state index is 0.0775. The monoisotopic (exact) mass is 249 g/mol. The van der Waals surface area contributed by atoms with Crippen LogP contribution in [-0.4, -0.2) is 22.6 Å². The smallest absolute Gasteiger partial charge is 0.124 e. The van der Waals surface area contributed by atoms with Gasteiger partial charge in [0.15, 0.2) is 0 Å². The molecule has 1 atom stereocenters. The highest BCUT2D eigenvalue weighted by molar-refractivity contribution is 5.76. The van der Waals surface area contributed by atoms with Gasteiger partial charge in [-0.1, -0.05) is 0 Å². The number of phenols is 2. The minimum atomic E-state index is 0.0775. The van der Waals surface area contributed by atoms with Crippen molar-refractivity contribution in [1.82, 2.24) is 5.32 Å². The number of aromatic hydroxyl groups is 2. The zero-order valence-electron chi connectivity index (χ0n) is 10.2. The Morgan fingerprint density at radius 2 is 2.22 bits per heavy atom. The topological polar surface area (TPSA) is 102 Å². The Balaban J connectivity index is 2.14. The molecule has 0 radical (unpaired) electrons. The van der Waals surface area contributed by atoms with Gasteiger partial charge in [0.1, 0.15) is 11.5 Å². The Kier molecular flexibility index (Phi) is 3.72. The fourth-order valence-corrected chi connectivity index (χ4v) is 2.52. The van der Waals surface area contributed by atoms with E-state index in [1.54, 1.807) is 6.07 Å². The summed E-state index contributed by atoms with van der Waals surface area (Å²) in [4.78, 5) is 0. The highest BCUT2D eigenvalue weighted by Crippen LogP contribution is 2.36. The fraction of sp³-hybridized carbons (Fsp3) is 0.462. The number of rotatable bonds is 4. The van der Waals surface area contributed by atoms with E-state index in [-0.39, 0.29) is 23.4 Å². The molecule has 1 heterocycles. The lowest BCUT2D eigenvalue weighted by molar-refractivity contribution is 0.407. The molecule has 18 heavy (non-hydrogen) atoms. The Morgan fingerprint density at radius 1 is 1.44 bits per heavy atom. The van der Waals surface area contributed by atoms with Crippen LogP contribution in [0.2, 0.25) is 0 Å². The van der Waals surface area contributed by atoms with Crippen LogP contribution in [0.3, 0.4) is 0 Å². The molecule has 1 aliphatic heterocycles. The minimum Gasteiger partial charge on any atom is -0.508 e. The van der Waals surface area contributed by atoms with Crippen molar-refractivity contribution in [3.05, 3.63) is 23.3 Å². The summed E-state index contributed by atoms with van der Waals surface area (Å²) in [6.45, 7) is 0.834. The van der Waals surface area contributed by atoms with Crippen molar-refractivity contribution in [3.8, 4) is 11.5 Å². The average Bonchev–Trinajstić information content (AvgIpc) is 2.27. The molecule has 6 N–H and O–H groups in total. The van der Waals surface area contributed by atoms with E-state index in [4.69, 9.17) is 11.1 Å². The summed E-state index contributed by atoms with van der Waals surface area (Å²) in [6, 6.07) is 3.17. The molecular weight excluding hydrogens is 230 g/mol. The number of benzene rings is 1. The molecule has 1 aromatic carbocycles. The van der Waals surface area contributed by atoms with E-state index in [2.05, 4.69) is 5.32 Å². The molecule has 98 valence electrons.